The first-order valence-corrected chi connectivity index (χ1v) is 7.98. The van der Waals surface area contributed by atoms with Crippen LogP contribution in [0.5, 0.6) is 0 Å². The molecule has 0 aliphatic rings. The molecule has 0 unspecified atom stereocenters. The van der Waals surface area contributed by atoms with Gasteiger partial charge in [0.25, 0.3) is 0 Å². The highest BCUT2D eigenvalue weighted by Crippen LogP contribution is 2.19. The van der Waals surface area contributed by atoms with Gasteiger partial charge in [0, 0.05) is 37.1 Å². The molecule has 23 heavy (non-hydrogen) atoms. The van der Waals surface area contributed by atoms with Crippen LogP contribution in [0.15, 0.2) is 54.7 Å². The summed E-state index contributed by atoms with van der Waals surface area (Å²) < 4.78 is 0. The van der Waals surface area contributed by atoms with Crippen LogP contribution in [0.3, 0.4) is 0 Å². The molecule has 1 heterocycles. The summed E-state index contributed by atoms with van der Waals surface area (Å²) in [5.41, 5.74) is 4.76. The molecule has 0 aliphatic carbocycles. The number of benzene rings is 2. The maximum Gasteiger partial charge on any atom is 0.222 e. The number of rotatable bonds is 5. The second kappa shape index (κ2) is 6.69. The summed E-state index contributed by atoms with van der Waals surface area (Å²) in [6, 6.07) is 16.4. The molecule has 0 atom stereocenters. The van der Waals surface area contributed by atoms with Crippen LogP contribution >= 0.6 is 0 Å². The van der Waals surface area contributed by atoms with Gasteiger partial charge >= 0.3 is 0 Å². The first-order valence-electron chi connectivity index (χ1n) is 7.98. The Hall–Kier alpha value is -2.55. The molecule has 0 saturated carbocycles. The third kappa shape index (κ3) is 3.45. The van der Waals surface area contributed by atoms with Crippen molar-refractivity contribution in [1.82, 2.24) is 9.88 Å². The fourth-order valence-corrected chi connectivity index (χ4v) is 2.90. The van der Waals surface area contributed by atoms with E-state index < -0.39 is 0 Å². The smallest absolute Gasteiger partial charge is 0.222 e. The number of aryl methyl sites for hydroxylation is 2. The largest absolute Gasteiger partial charge is 0.361 e. The molecule has 0 saturated heterocycles. The highest BCUT2D eigenvalue weighted by molar-refractivity contribution is 5.84. The van der Waals surface area contributed by atoms with Gasteiger partial charge in [0.1, 0.15) is 0 Å². The van der Waals surface area contributed by atoms with E-state index in [4.69, 9.17) is 0 Å². The number of carbonyl (C=O) groups excluding carboxylic acids is 1. The standard InChI is InChI=1S/C20H22N2O/c1-15-7-3-4-8-17(15)14-22(2)20(23)12-11-16-13-21-19-10-6-5-9-18(16)19/h3-10,13,21H,11-12,14H2,1-2H3. The lowest BCUT2D eigenvalue weighted by Gasteiger charge is -2.18. The van der Waals surface area contributed by atoms with Gasteiger partial charge in [-0.1, -0.05) is 42.5 Å². The quantitative estimate of drug-likeness (QED) is 0.758. The molecule has 3 rings (SSSR count). The lowest BCUT2D eigenvalue weighted by atomic mass is 10.1. The molecule has 0 radical (unpaired) electrons. The summed E-state index contributed by atoms with van der Waals surface area (Å²) in [5, 5.41) is 1.21. The lowest BCUT2D eigenvalue weighted by Crippen LogP contribution is -2.26. The Bertz CT molecular complexity index is 819. The van der Waals surface area contributed by atoms with Crippen LogP contribution in [0.4, 0.5) is 0 Å². The number of fused-ring (bicyclic) bond motifs is 1. The second-order valence-electron chi connectivity index (χ2n) is 6.04. The third-order valence-electron chi connectivity index (χ3n) is 4.38. The number of H-pyrrole nitrogens is 1. The van der Waals surface area contributed by atoms with Gasteiger partial charge in [0.2, 0.25) is 5.91 Å². The Morgan fingerprint density at radius 3 is 2.61 bits per heavy atom. The van der Waals surface area contributed by atoms with E-state index in [1.54, 1.807) is 0 Å². The molecule has 1 aromatic heterocycles. The van der Waals surface area contributed by atoms with Gasteiger partial charge in [-0.2, -0.15) is 0 Å². The van der Waals surface area contributed by atoms with Crippen molar-refractivity contribution < 1.29 is 4.79 Å². The Morgan fingerprint density at radius 2 is 1.78 bits per heavy atom. The van der Waals surface area contributed by atoms with E-state index in [9.17, 15) is 4.79 Å². The number of carbonyl (C=O) groups is 1. The molecule has 3 heteroatoms. The van der Waals surface area contributed by atoms with E-state index in [2.05, 4.69) is 36.2 Å². The van der Waals surface area contributed by atoms with Gasteiger partial charge in [-0.05, 0) is 36.1 Å². The van der Waals surface area contributed by atoms with E-state index in [0.717, 1.165) is 11.9 Å². The summed E-state index contributed by atoms with van der Waals surface area (Å²) in [5.74, 6) is 0.179. The third-order valence-corrected chi connectivity index (χ3v) is 4.38. The Balaban J connectivity index is 1.62. The van der Waals surface area contributed by atoms with Crippen LogP contribution in [-0.4, -0.2) is 22.8 Å². The number of amides is 1. The van der Waals surface area contributed by atoms with Crippen LogP contribution in [0.1, 0.15) is 23.1 Å². The fraction of sp³-hybridized carbons (Fsp3) is 0.250. The van der Waals surface area contributed by atoms with Crippen molar-refractivity contribution >= 4 is 16.8 Å². The summed E-state index contributed by atoms with van der Waals surface area (Å²) in [6.07, 6.45) is 3.31. The van der Waals surface area contributed by atoms with Gasteiger partial charge in [-0.25, -0.2) is 0 Å². The summed E-state index contributed by atoms with van der Waals surface area (Å²) in [7, 11) is 1.88. The fourth-order valence-electron chi connectivity index (χ4n) is 2.90. The molecule has 118 valence electrons. The number of aromatic nitrogens is 1. The maximum absolute atomic E-state index is 12.4. The van der Waals surface area contributed by atoms with Crippen molar-refractivity contribution in [1.29, 1.82) is 0 Å². The van der Waals surface area contributed by atoms with E-state index in [1.165, 1.54) is 22.1 Å². The minimum Gasteiger partial charge on any atom is -0.361 e. The van der Waals surface area contributed by atoms with Crippen molar-refractivity contribution in [3.05, 3.63) is 71.4 Å². The summed E-state index contributed by atoms with van der Waals surface area (Å²) in [6.45, 7) is 2.75. The van der Waals surface area contributed by atoms with Crippen molar-refractivity contribution in [2.24, 2.45) is 0 Å². The minimum atomic E-state index is 0.179. The van der Waals surface area contributed by atoms with Crippen molar-refractivity contribution in [2.45, 2.75) is 26.3 Å². The zero-order valence-corrected chi connectivity index (χ0v) is 13.7. The summed E-state index contributed by atoms with van der Waals surface area (Å²) >= 11 is 0. The maximum atomic E-state index is 12.4. The van der Waals surface area contributed by atoms with Crippen LogP contribution in [0.25, 0.3) is 10.9 Å². The zero-order chi connectivity index (χ0) is 16.2. The molecule has 1 amide bonds. The number of para-hydroxylation sites is 1. The van der Waals surface area contributed by atoms with Crippen LogP contribution in [0, 0.1) is 6.92 Å². The number of nitrogens with zero attached hydrogens (tertiary/aromatic N) is 1. The molecule has 0 aliphatic heterocycles. The molecular formula is C20H22N2O. The Labute approximate surface area is 136 Å². The van der Waals surface area contributed by atoms with Crippen LogP contribution < -0.4 is 0 Å². The average molecular weight is 306 g/mol. The van der Waals surface area contributed by atoms with Crippen molar-refractivity contribution in [2.75, 3.05) is 7.05 Å². The Kier molecular flexibility index (Phi) is 4.47. The topological polar surface area (TPSA) is 36.1 Å². The molecule has 0 bridgehead atoms. The molecule has 3 nitrogen and oxygen atoms in total. The van der Waals surface area contributed by atoms with E-state index in [0.29, 0.717) is 13.0 Å². The van der Waals surface area contributed by atoms with Gasteiger partial charge in [0.15, 0.2) is 0 Å². The molecule has 1 N–H and O–H groups in total. The molecule has 0 spiro atoms. The van der Waals surface area contributed by atoms with Gasteiger partial charge in [0.05, 0.1) is 0 Å². The van der Waals surface area contributed by atoms with Crippen LogP contribution in [-0.2, 0) is 17.8 Å². The SMILES string of the molecule is Cc1ccccc1CN(C)C(=O)CCc1c[nH]c2ccccc12. The second-order valence-corrected chi connectivity index (χ2v) is 6.04. The van der Waals surface area contributed by atoms with E-state index >= 15 is 0 Å². The van der Waals surface area contributed by atoms with Crippen molar-refractivity contribution in [3.63, 3.8) is 0 Å². The highest BCUT2D eigenvalue weighted by atomic mass is 16.2. The highest BCUT2D eigenvalue weighted by Gasteiger charge is 2.12. The Morgan fingerprint density at radius 1 is 1.04 bits per heavy atom. The normalized spacial score (nSPS) is 10.9. The minimum absolute atomic E-state index is 0.179. The first-order chi connectivity index (χ1) is 11.1. The zero-order valence-electron chi connectivity index (χ0n) is 13.7. The lowest BCUT2D eigenvalue weighted by molar-refractivity contribution is -0.130. The first kappa shape index (κ1) is 15.3. The van der Waals surface area contributed by atoms with Crippen LogP contribution in [0.2, 0.25) is 0 Å². The predicted octanol–water partition coefficient (Wildman–Crippen LogP) is 4.07. The number of aromatic amines is 1. The number of hydrogen-bond donors (Lipinski definition) is 1. The number of nitrogens with one attached hydrogen (secondary N) is 1. The van der Waals surface area contributed by atoms with Crippen molar-refractivity contribution in [3.8, 4) is 0 Å². The van der Waals surface area contributed by atoms with Gasteiger partial charge < -0.3 is 9.88 Å². The molecule has 0 fully saturated rings. The molecule has 2 aromatic carbocycles. The molecule has 3 aromatic rings. The molecular weight excluding hydrogens is 284 g/mol. The summed E-state index contributed by atoms with van der Waals surface area (Å²) in [4.78, 5) is 17.5. The van der Waals surface area contributed by atoms with Gasteiger partial charge in [-0.3, -0.25) is 4.79 Å². The van der Waals surface area contributed by atoms with Gasteiger partial charge in [-0.15, -0.1) is 0 Å². The van der Waals surface area contributed by atoms with E-state index in [1.807, 2.05) is 42.4 Å². The predicted molar refractivity (Wildman–Crippen MR) is 94.3 cm³/mol. The number of hydrogen-bond acceptors (Lipinski definition) is 1. The average Bonchev–Trinajstić information content (AvgIpc) is 2.98. The monoisotopic (exact) mass is 306 g/mol. The van der Waals surface area contributed by atoms with E-state index in [-0.39, 0.29) is 5.91 Å².